The van der Waals surface area contributed by atoms with E-state index >= 15 is 0 Å². The van der Waals surface area contributed by atoms with Crippen LogP contribution in [0.3, 0.4) is 0 Å². The average Bonchev–Trinajstić information content (AvgIpc) is 2.11. The predicted octanol–water partition coefficient (Wildman–Crippen LogP) is 2.78. The van der Waals surface area contributed by atoms with Crippen molar-refractivity contribution < 1.29 is 4.39 Å². The second-order valence-corrected chi connectivity index (χ2v) is 3.62. The molecule has 0 fully saturated rings. The third kappa shape index (κ3) is 2.55. The Morgan fingerprint density at radius 2 is 2.07 bits per heavy atom. The minimum Gasteiger partial charge on any atom is -0.387 e. The van der Waals surface area contributed by atoms with Crippen molar-refractivity contribution in [3.05, 3.63) is 29.6 Å². The second kappa shape index (κ2) is 4.22. The van der Waals surface area contributed by atoms with Gasteiger partial charge in [-0.3, -0.25) is 0 Å². The molecule has 1 aromatic carbocycles. The highest BCUT2D eigenvalue weighted by molar-refractivity contribution is 5.85. The van der Waals surface area contributed by atoms with Crippen LogP contribution in [-0.2, 0) is 0 Å². The molecule has 76 valence electrons. The lowest BCUT2D eigenvalue weighted by Crippen LogP contribution is -2.18. The zero-order valence-corrected chi connectivity index (χ0v) is 8.71. The zero-order chi connectivity index (χ0) is 10.7. The molecule has 0 aliphatic heterocycles. The van der Waals surface area contributed by atoms with E-state index in [9.17, 15) is 4.39 Å². The summed E-state index contributed by atoms with van der Waals surface area (Å²) < 4.78 is 12.9. The summed E-state index contributed by atoms with van der Waals surface area (Å²) in [6.45, 7) is 5.78. The lowest BCUT2D eigenvalue weighted by Gasteiger charge is -2.05. The molecule has 2 nitrogen and oxygen atoms in total. The molecule has 0 radical (unpaired) electrons. The van der Waals surface area contributed by atoms with E-state index in [0.717, 1.165) is 5.56 Å². The third-order valence-electron chi connectivity index (χ3n) is 2.01. The lowest BCUT2D eigenvalue weighted by atomic mass is 10.2. The van der Waals surface area contributed by atoms with Crippen LogP contribution in [0.1, 0.15) is 19.4 Å². The third-order valence-corrected chi connectivity index (χ3v) is 2.01. The molecule has 0 saturated carbocycles. The number of halogens is 1. The molecule has 0 aliphatic rings. The molecular formula is C11H15FN2. The van der Waals surface area contributed by atoms with E-state index in [1.165, 1.54) is 12.1 Å². The monoisotopic (exact) mass is 194 g/mol. The SMILES string of the molecule is Cc1ccc(F)cc1N=C(N)C(C)C. The van der Waals surface area contributed by atoms with Crippen LogP contribution in [0.4, 0.5) is 10.1 Å². The summed E-state index contributed by atoms with van der Waals surface area (Å²) in [6, 6.07) is 4.51. The number of benzene rings is 1. The van der Waals surface area contributed by atoms with Gasteiger partial charge in [0.05, 0.1) is 5.69 Å². The summed E-state index contributed by atoms with van der Waals surface area (Å²) >= 11 is 0. The van der Waals surface area contributed by atoms with Crippen LogP contribution in [-0.4, -0.2) is 5.84 Å². The first-order valence-electron chi connectivity index (χ1n) is 4.61. The minimum atomic E-state index is -0.286. The topological polar surface area (TPSA) is 38.4 Å². The Labute approximate surface area is 83.7 Å². The van der Waals surface area contributed by atoms with Crippen molar-refractivity contribution >= 4 is 11.5 Å². The number of rotatable bonds is 2. The molecule has 0 bridgehead atoms. The van der Waals surface area contributed by atoms with Crippen LogP contribution in [0.15, 0.2) is 23.2 Å². The lowest BCUT2D eigenvalue weighted by molar-refractivity contribution is 0.627. The van der Waals surface area contributed by atoms with Crippen LogP contribution < -0.4 is 5.73 Å². The van der Waals surface area contributed by atoms with E-state index < -0.39 is 0 Å². The zero-order valence-electron chi connectivity index (χ0n) is 8.71. The van der Waals surface area contributed by atoms with Crippen LogP contribution in [0.25, 0.3) is 0 Å². The fraction of sp³-hybridized carbons (Fsp3) is 0.364. The van der Waals surface area contributed by atoms with Gasteiger partial charge in [-0.05, 0) is 24.6 Å². The molecule has 0 saturated heterocycles. The van der Waals surface area contributed by atoms with E-state index in [2.05, 4.69) is 4.99 Å². The largest absolute Gasteiger partial charge is 0.387 e. The highest BCUT2D eigenvalue weighted by Gasteiger charge is 2.02. The normalized spacial score (nSPS) is 12.2. The smallest absolute Gasteiger partial charge is 0.125 e. The minimum absolute atomic E-state index is 0.178. The average molecular weight is 194 g/mol. The molecular weight excluding hydrogens is 179 g/mol. The molecule has 0 amide bonds. The van der Waals surface area contributed by atoms with Gasteiger partial charge in [-0.15, -0.1) is 0 Å². The Kier molecular flexibility index (Phi) is 3.23. The highest BCUT2D eigenvalue weighted by atomic mass is 19.1. The van der Waals surface area contributed by atoms with E-state index in [4.69, 9.17) is 5.73 Å². The van der Waals surface area contributed by atoms with E-state index in [1.54, 1.807) is 6.07 Å². The van der Waals surface area contributed by atoms with Crippen molar-refractivity contribution in [3.8, 4) is 0 Å². The molecule has 1 aromatic rings. The summed E-state index contributed by atoms with van der Waals surface area (Å²) in [5.74, 6) is 0.419. The number of aryl methyl sites for hydroxylation is 1. The van der Waals surface area contributed by atoms with Gasteiger partial charge < -0.3 is 5.73 Å². The van der Waals surface area contributed by atoms with Crippen LogP contribution in [0, 0.1) is 18.7 Å². The van der Waals surface area contributed by atoms with E-state index in [1.807, 2.05) is 20.8 Å². The van der Waals surface area contributed by atoms with Gasteiger partial charge in [0.1, 0.15) is 11.7 Å². The molecule has 1 rings (SSSR count). The standard InChI is InChI=1S/C11H15FN2/c1-7(2)11(13)14-10-6-9(12)5-4-8(10)3/h4-7H,1-3H3,(H2,13,14). The molecule has 3 heteroatoms. The number of hydrogen-bond donors (Lipinski definition) is 1. The molecule has 0 aliphatic carbocycles. The maximum Gasteiger partial charge on any atom is 0.125 e. The molecule has 2 N–H and O–H groups in total. The van der Waals surface area contributed by atoms with Gasteiger partial charge in [-0.1, -0.05) is 19.9 Å². The Morgan fingerprint density at radius 3 is 2.64 bits per heavy atom. The van der Waals surface area contributed by atoms with Crippen molar-refractivity contribution in [2.75, 3.05) is 0 Å². The fourth-order valence-electron chi connectivity index (χ4n) is 0.971. The van der Waals surface area contributed by atoms with Crippen molar-refractivity contribution in [2.24, 2.45) is 16.6 Å². The van der Waals surface area contributed by atoms with Crippen molar-refractivity contribution in [1.29, 1.82) is 0 Å². The molecule has 0 spiro atoms. The molecule has 0 unspecified atom stereocenters. The fourth-order valence-corrected chi connectivity index (χ4v) is 0.971. The van der Waals surface area contributed by atoms with Crippen LogP contribution in [0.2, 0.25) is 0 Å². The van der Waals surface area contributed by atoms with Gasteiger partial charge in [-0.25, -0.2) is 9.38 Å². The maximum absolute atomic E-state index is 12.9. The molecule has 0 aromatic heterocycles. The van der Waals surface area contributed by atoms with Crippen molar-refractivity contribution in [3.63, 3.8) is 0 Å². The molecule has 0 heterocycles. The predicted molar refractivity (Wildman–Crippen MR) is 57.3 cm³/mol. The van der Waals surface area contributed by atoms with Gasteiger partial charge in [-0.2, -0.15) is 0 Å². The second-order valence-electron chi connectivity index (χ2n) is 3.62. The Bertz CT molecular complexity index is 356. The van der Waals surface area contributed by atoms with Gasteiger partial charge in [0.15, 0.2) is 0 Å². The summed E-state index contributed by atoms with van der Waals surface area (Å²) in [6.07, 6.45) is 0. The maximum atomic E-state index is 12.9. The summed E-state index contributed by atoms with van der Waals surface area (Å²) in [4.78, 5) is 4.17. The van der Waals surface area contributed by atoms with Crippen molar-refractivity contribution in [2.45, 2.75) is 20.8 Å². The van der Waals surface area contributed by atoms with Crippen LogP contribution >= 0.6 is 0 Å². The summed E-state index contributed by atoms with van der Waals surface area (Å²) in [5, 5.41) is 0. The molecule has 0 atom stereocenters. The number of amidine groups is 1. The molecule has 14 heavy (non-hydrogen) atoms. The summed E-state index contributed by atoms with van der Waals surface area (Å²) in [7, 11) is 0. The number of nitrogens with two attached hydrogens (primary N) is 1. The first-order chi connectivity index (χ1) is 6.50. The van der Waals surface area contributed by atoms with Gasteiger partial charge in [0.2, 0.25) is 0 Å². The van der Waals surface area contributed by atoms with Gasteiger partial charge in [0, 0.05) is 5.92 Å². The quantitative estimate of drug-likeness (QED) is 0.570. The van der Waals surface area contributed by atoms with Gasteiger partial charge in [0.25, 0.3) is 0 Å². The Balaban J connectivity index is 3.07. The first kappa shape index (κ1) is 10.7. The summed E-state index contributed by atoms with van der Waals surface area (Å²) in [5.41, 5.74) is 7.23. The highest BCUT2D eigenvalue weighted by Crippen LogP contribution is 2.19. The number of aliphatic imine (C=N–C) groups is 1. The van der Waals surface area contributed by atoms with E-state index in [0.29, 0.717) is 11.5 Å². The Hall–Kier alpha value is -1.38. The first-order valence-corrected chi connectivity index (χ1v) is 4.61. The van der Waals surface area contributed by atoms with Crippen molar-refractivity contribution in [1.82, 2.24) is 0 Å². The van der Waals surface area contributed by atoms with Gasteiger partial charge >= 0.3 is 0 Å². The van der Waals surface area contributed by atoms with E-state index in [-0.39, 0.29) is 11.7 Å². The number of nitrogens with zero attached hydrogens (tertiary/aromatic N) is 1. The number of hydrogen-bond acceptors (Lipinski definition) is 1. The Morgan fingerprint density at radius 1 is 1.43 bits per heavy atom. The van der Waals surface area contributed by atoms with Crippen LogP contribution in [0.5, 0.6) is 0 Å².